The van der Waals surface area contributed by atoms with Gasteiger partial charge in [0.2, 0.25) is 5.91 Å². The molecule has 3 aromatic rings. The average Bonchev–Trinajstić information content (AvgIpc) is 3.17. The zero-order chi connectivity index (χ0) is 25.7. The molecule has 0 aromatic heterocycles. The monoisotopic (exact) mass is 619 g/mol. The van der Waals surface area contributed by atoms with E-state index >= 15 is 0 Å². The first-order chi connectivity index (χ1) is 17.4. The lowest BCUT2D eigenvalue weighted by atomic mass is 10.0. The highest BCUT2D eigenvalue weighted by Crippen LogP contribution is 2.28. The Morgan fingerprint density at radius 2 is 1.83 bits per heavy atom. The van der Waals surface area contributed by atoms with Gasteiger partial charge in [0.25, 0.3) is 5.91 Å². The van der Waals surface area contributed by atoms with Gasteiger partial charge >= 0.3 is 6.03 Å². The number of ether oxygens (including phenoxy) is 1. The van der Waals surface area contributed by atoms with Gasteiger partial charge in [-0.05, 0) is 64.0 Å². The summed E-state index contributed by atoms with van der Waals surface area (Å²) in [4.78, 5) is 40.9. The van der Waals surface area contributed by atoms with E-state index in [9.17, 15) is 14.4 Å². The summed E-state index contributed by atoms with van der Waals surface area (Å²) >= 11 is 8.41. The van der Waals surface area contributed by atoms with E-state index in [2.05, 4.69) is 33.2 Å². The minimum atomic E-state index is -1.10. The molecule has 1 heterocycles. The van der Waals surface area contributed by atoms with Crippen LogP contribution in [0.25, 0.3) is 0 Å². The van der Waals surface area contributed by atoms with Crippen molar-refractivity contribution in [2.45, 2.75) is 18.5 Å². The van der Waals surface area contributed by atoms with Crippen molar-refractivity contribution in [2.75, 3.05) is 18.5 Å². The van der Waals surface area contributed by atoms with Crippen LogP contribution in [0.1, 0.15) is 17.2 Å². The van der Waals surface area contributed by atoms with Gasteiger partial charge in [0.05, 0.1) is 17.3 Å². The topological polar surface area (TPSA) is 108 Å². The number of carbonyl (C=O) groups excluding carboxylic acids is 3. The average molecular weight is 620 g/mol. The lowest BCUT2D eigenvalue weighted by Crippen LogP contribution is -2.49. The number of urea groups is 1. The summed E-state index contributed by atoms with van der Waals surface area (Å²) in [5.74, 6) is -0.537. The third-order valence-corrected chi connectivity index (χ3v) is 6.60. The Balaban J connectivity index is 1.60. The molecule has 1 fully saturated rings. The van der Waals surface area contributed by atoms with E-state index in [0.29, 0.717) is 22.0 Å². The summed E-state index contributed by atoms with van der Waals surface area (Å²) in [5, 5.41) is 14.7. The third kappa shape index (κ3) is 5.97. The molecule has 0 saturated carbocycles. The number of nitrogens with zero attached hydrogens (tertiary/aromatic N) is 1. The van der Waals surface area contributed by atoms with Crippen molar-refractivity contribution in [1.82, 2.24) is 10.2 Å². The summed E-state index contributed by atoms with van der Waals surface area (Å²) in [6.07, 6.45) is 0.133. The Bertz CT molecular complexity index is 1260. The number of anilines is 1. The van der Waals surface area contributed by atoms with Gasteiger partial charge in [0.15, 0.2) is 0 Å². The van der Waals surface area contributed by atoms with Gasteiger partial charge in [-0.3, -0.25) is 9.59 Å². The molecule has 8 nitrogen and oxygen atoms in total. The highest BCUT2D eigenvalue weighted by molar-refractivity contribution is 14.1. The number of imide groups is 1. The fourth-order valence-corrected chi connectivity index (χ4v) is 4.78. The number of hydrogen-bond acceptors (Lipinski definition) is 5. The number of halogens is 2. The largest absolute Gasteiger partial charge is 0.491 e. The molecule has 10 heteroatoms. The molecule has 0 bridgehead atoms. The second kappa shape index (κ2) is 11.7. The van der Waals surface area contributed by atoms with E-state index < -0.39 is 29.9 Å². The molecule has 36 heavy (non-hydrogen) atoms. The maximum absolute atomic E-state index is 13.4. The van der Waals surface area contributed by atoms with Crippen LogP contribution < -0.4 is 15.4 Å². The number of rotatable bonds is 9. The van der Waals surface area contributed by atoms with Gasteiger partial charge < -0.3 is 20.5 Å². The van der Waals surface area contributed by atoms with Crippen LogP contribution in [0.4, 0.5) is 10.5 Å². The quantitative estimate of drug-likeness (QED) is 0.246. The van der Waals surface area contributed by atoms with Crippen LogP contribution in [0.2, 0.25) is 5.02 Å². The molecule has 1 aliphatic heterocycles. The molecule has 0 spiro atoms. The van der Waals surface area contributed by atoms with Crippen molar-refractivity contribution in [3.05, 3.63) is 92.5 Å². The van der Waals surface area contributed by atoms with E-state index in [1.807, 2.05) is 30.3 Å². The van der Waals surface area contributed by atoms with Crippen LogP contribution >= 0.6 is 34.2 Å². The summed E-state index contributed by atoms with van der Waals surface area (Å²) in [6, 6.07) is 18.3. The molecule has 3 N–H and O–H groups in total. The third-order valence-electron chi connectivity index (χ3n) is 5.62. The first kappa shape index (κ1) is 25.9. The second-order valence-electron chi connectivity index (χ2n) is 8.05. The van der Waals surface area contributed by atoms with Crippen molar-refractivity contribution in [2.24, 2.45) is 0 Å². The fourth-order valence-electron chi connectivity index (χ4n) is 3.88. The Morgan fingerprint density at radius 1 is 1.11 bits per heavy atom. The van der Waals surface area contributed by atoms with Crippen LogP contribution in [0.15, 0.2) is 72.8 Å². The maximum Gasteiger partial charge on any atom is 0.325 e. The van der Waals surface area contributed by atoms with Crippen LogP contribution in [-0.2, 0) is 16.0 Å². The van der Waals surface area contributed by atoms with Gasteiger partial charge in [-0.1, -0.05) is 54.1 Å². The van der Waals surface area contributed by atoms with Gasteiger partial charge in [-0.25, -0.2) is 9.69 Å². The van der Waals surface area contributed by atoms with E-state index in [0.717, 1.165) is 14.0 Å². The van der Waals surface area contributed by atoms with E-state index in [1.54, 1.807) is 42.5 Å². The van der Waals surface area contributed by atoms with Crippen LogP contribution in [0.3, 0.4) is 0 Å². The molecular formula is C26H23ClIN3O5. The minimum absolute atomic E-state index is 0.119. The molecule has 4 rings (SSSR count). The molecular weight excluding hydrogens is 597 g/mol. The first-order valence-corrected chi connectivity index (χ1v) is 12.6. The van der Waals surface area contributed by atoms with Crippen LogP contribution in [-0.4, -0.2) is 47.1 Å². The summed E-state index contributed by atoms with van der Waals surface area (Å²) < 4.78 is 6.26. The minimum Gasteiger partial charge on any atom is -0.491 e. The van der Waals surface area contributed by atoms with Crippen molar-refractivity contribution in [3.63, 3.8) is 0 Å². The predicted octanol–water partition coefficient (Wildman–Crippen LogP) is 4.16. The highest BCUT2D eigenvalue weighted by Gasteiger charge is 2.45. The number of benzene rings is 3. The highest BCUT2D eigenvalue weighted by atomic mass is 127. The SMILES string of the molecule is O=C(Nc1ccc(I)cc1Cl)C(Cc1ccccc1)N1C(=O)NC(c2ccc(OCCO)cc2)C1=O. The Labute approximate surface area is 226 Å². The van der Waals surface area contributed by atoms with Crippen molar-refractivity contribution in [3.8, 4) is 5.75 Å². The summed E-state index contributed by atoms with van der Waals surface area (Å²) in [7, 11) is 0. The molecule has 3 aromatic carbocycles. The molecule has 186 valence electrons. The standard InChI is InChI=1S/C26H23ClIN3O5/c27-20-15-18(28)8-11-21(20)29-24(33)22(14-16-4-2-1-3-5-16)31-25(34)23(30-26(31)35)17-6-9-19(10-7-17)36-13-12-32/h1-11,15,22-23,32H,12-14H2,(H,29,33)(H,30,35). The number of hydrogen-bond donors (Lipinski definition) is 3. The van der Waals surface area contributed by atoms with Gasteiger partial charge in [-0.15, -0.1) is 0 Å². The molecule has 0 radical (unpaired) electrons. The van der Waals surface area contributed by atoms with E-state index in [-0.39, 0.29) is 19.6 Å². The number of aliphatic hydroxyl groups is 1. The molecule has 0 aliphatic carbocycles. The maximum atomic E-state index is 13.4. The first-order valence-electron chi connectivity index (χ1n) is 11.1. The van der Waals surface area contributed by atoms with Crippen LogP contribution in [0, 0.1) is 3.57 Å². The summed E-state index contributed by atoms with van der Waals surface area (Å²) in [6.45, 7) is 0.0270. The van der Waals surface area contributed by atoms with E-state index in [1.165, 1.54) is 0 Å². The van der Waals surface area contributed by atoms with Gasteiger partial charge in [0, 0.05) is 9.99 Å². The molecule has 4 amide bonds. The Hall–Kier alpha value is -3.15. The number of amides is 4. The number of nitrogens with one attached hydrogen (secondary N) is 2. The molecule has 1 saturated heterocycles. The second-order valence-corrected chi connectivity index (χ2v) is 9.70. The Morgan fingerprint density at radius 3 is 2.50 bits per heavy atom. The number of carbonyl (C=O) groups is 3. The normalized spacial score (nSPS) is 16.0. The summed E-state index contributed by atoms with van der Waals surface area (Å²) in [5.41, 5.74) is 1.73. The van der Waals surface area contributed by atoms with Crippen molar-refractivity contribution >= 4 is 57.7 Å². The smallest absolute Gasteiger partial charge is 0.325 e. The lowest BCUT2D eigenvalue weighted by Gasteiger charge is -2.25. The predicted molar refractivity (Wildman–Crippen MR) is 144 cm³/mol. The number of aliphatic hydroxyl groups excluding tert-OH is 1. The van der Waals surface area contributed by atoms with Crippen LogP contribution in [0.5, 0.6) is 5.75 Å². The molecule has 2 unspecified atom stereocenters. The fraction of sp³-hybridized carbons (Fsp3) is 0.192. The van der Waals surface area contributed by atoms with Crippen molar-refractivity contribution in [1.29, 1.82) is 0 Å². The zero-order valence-electron chi connectivity index (χ0n) is 19.0. The van der Waals surface area contributed by atoms with Gasteiger partial charge in [0.1, 0.15) is 24.4 Å². The van der Waals surface area contributed by atoms with Gasteiger partial charge in [-0.2, -0.15) is 0 Å². The molecule has 1 aliphatic rings. The Kier molecular flexibility index (Phi) is 8.44. The van der Waals surface area contributed by atoms with Crippen molar-refractivity contribution < 1.29 is 24.2 Å². The zero-order valence-corrected chi connectivity index (χ0v) is 21.9. The lowest BCUT2D eigenvalue weighted by molar-refractivity contribution is -0.134. The van der Waals surface area contributed by atoms with E-state index in [4.69, 9.17) is 21.4 Å². The molecule has 2 atom stereocenters.